The molecule has 20 heavy (non-hydrogen) atoms. The van der Waals surface area contributed by atoms with Gasteiger partial charge in [0.2, 0.25) is 0 Å². The van der Waals surface area contributed by atoms with E-state index in [1.807, 2.05) is 0 Å². The van der Waals surface area contributed by atoms with Crippen molar-refractivity contribution in [3.8, 4) is 11.4 Å². The van der Waals surface area contributed by atoms with Gasteiger partial charge in [-0.15, -0.1) is 5.10 Å². The number of aromatic nitrogens is 4. The third-order valence-corrected chi connectivity index (χ3v) is 2.46. The van der Waals surface area contributed by atoms with Gasteiger partial charge in [0, 0.05) is 5.69 Å². The van der Waals surface area contributed by atoms with E-state index >= 15 is 0 Å². The van der Waals surface area contributed by atoms with Gasteiger partial charge >= 0.3 is 0 Å². The van der Waals surface area contributed by atoms with E-state index in [0.717, 1.165) is 6.07 Å². The molecule has 2 aromatic rings. The van der Waals surface area contributed by atoms with Gasteiger partial charge in [0.1, 0.15) is 12.4 Å². The zero-order valence-corrected chi connectivity index (χ0v) is 10.3. The monoisotopic (exact) mass is 287 g/mol. The molecule has 0 bridgehead atoms. The Kier molecular flexibility index (Phi) is 4.51. The Labute approximate surface area is 112 Å². The average Bonchev–Trinajstić information content (AvgIpc) is 2.82. The number of nitrogens with two attached hydrogens (primary N) is 1. The molecular weight excluding hydrogens is 275 g/mol. The number of rotatable bonds is 6. The molecule has 0 amide bonds. The molecule has 0 saturated carbocycles. The highest BCUT2D eigenvalue weighted by Crippen LogP contribution is 2.21. The normalized spacial score (nSPS) is 11.2. The van der Waals surface area contributed by atoms with Crippen LogP contribution in [0.25, 0.3) is 11.4 Å². The second kappa shape index (κ2) is 6.33. The Morgan fingerprint density at radius 3 is 2.85 bits per heavy atom. The standard InChI is InChI=1S/C11H12F3N5O/c12-9-5-7(15)1-2-8(9)11-16-17-18-19(11)3-4-20-6-10(13)14/h1-2,5,10H,3-4,6,15H2. The minimum absolute atomic E-state index is 0.00102. The molecule has 1 heterocycles. The fourth-order valence-electron chi connectivity index (χ4n) is 1.58. The summed E-state index contributed by atoms with van der Waals surface area (Å²) in [6.45, 7) is -0.522. The van der Waals surface area contributed by atoms with Gasteiger partial charge in [-0.3, -0.25) is 0 Å². The number of tetrazole rings is 1. The molecule has 0 aliphatic carbocycles. The number of benzene rings is 1. The van der Waals surface area contributed by atoms with Gasteiger partial charge in [0.25, 0.3) is 6.43 Å². The van der Waals surface area contributed by atoms with Crippen molar-refractivity contribution >= 4 is 5.69 Å². The van der Waals surface area contributed by atoms with Gasteiger partial charge < -0.3 is 10.5 Å². The largest absolute Gasteiger partial charge is 0.399 e. The summed E-state index contributed by atoms with van der Waals surface area (Å²) in [6.07, 6.45) is -2.53. The van der Waals surface area contributed by atoms with E-state index in [4.69, 9.17) is 10.5 Å². The zero-order valence-electron chi connectivity index (χ0n) is 10.3. The smallest absolute Gasteiger partial charge is 0.261 e. The van der Waals surface area contributed by atoms with Crippen molar-refractivity contribution in [2.24, 2.45) is 0 Å². The number of nitrogens with zero attached hydrogens (tertiary/aromatic N) is 4. The van der Waals surface area contributed by atoms with Crippen molar-refractivity contribution in [3.63, 3.8) is 0 Å². The minimum atomic E-state index is -2.53. The van der Waals surface area contributed by atoms with Gasteiger partial charge in [-0.25, -0.2) is 17.9 Å². The fourth-order valence-corrected chi connectivity index (χ4v) is 1.58. The van der Waals surface area contributed by atoms with Crippen LogP contribution < -0.4 is 5.73 Å². The summed E-state index contributed by atoms with van der Waals surface area (Å²) in [5.41, 5.74) is 5.92. The van der Waals surface area contributed by atoms with E-state index in [0.29, 0.717) is 0 Å². The number of alkyl halides is 2. The maximum Gasteiger partial charge on any atom is 0.261 e. The average molecular weight is 287 g/mol. The first-order valence-electron chi connectivity index (χ1n) is 5.75. The van der Waals surface area contributed by atoms with Crippen molar-refractivity contribution < 1.29 is 17.9 Å². The van der Waals surface area contributed by atoms with Gasteiger partial charge in [0.15, 0.2) is 5.82 Å². The summed E-state index contributed by atoms with van der Waals surface area (Å²) in [5, 5.41) is 10.8. The van der Waals surface area contributed by atoms with E-state index < -0.39 is 18.8 Å². The lowest BCUT2D eigenvalue weighted by molar-refractivity contribution is 0.0140. The van der Waals surface area contributed by atoms with Gasteiger partial charge in [0.05, 0.1) is 18.7 Å². The van der Waals surface area contributed by atoms with Crippen molar-refractivity contribution in [3.05, 3.63) is 24.0 Å². The molecule has 0 aliphatic rings. The van der Waals surface area contributed by atoms with Gasteiger partial charge in [-0.1, -0.05) is 0 Å². The van der Waals surface area contributed by atoms with E-state index in [9.17, 15) is 13.2 Å². The van der Waals surface area contributed by atoms with Gasteiger partial charge in [-0.05, 0) is 28.6 Å². The molecule has 0 atom stereocenters. The molecule has 2 N–H and O–H groups in total. The molecule has 0 saturated heterocycles. The number of nitrogen functional groups attached to an aromatic ring is 1. The second-order valence-corrected chi connectivity index (χ2v) is 3.93. The number of hydrogen-bond acceptors (Lipinski definition) is 5. The first-order chi connectivity index (χ1) is 9.58. The first kappa shape index (κ1) is 14.3. The highest BCUT2D eigenvalue weighted by Gasteiger charge is 2.13. The molecule has 1 aromatic heterocycles. The van der Waals surface area contributed by atoms with Crippen molar-refractivity contribution in [2.75, 3.05) is 18.9 Å². The summed E-state index contributed by atoms with van der Waals surface area (Å²) in [7, 11) is 0. The molecule has 2 rings (SSSR count). The fraction of sp³-hybridized carbons (Fsp3) is 0.364. The van der Waals surface area contributed by atoms with Crippen LogP contribution in [-0.2, 0) is 11.3 Å². The van der Waals surface area contributed by atoms with Crippen LogP contribution in [0.3, 0.4) is 0 Å². The van der Waals surface area contributed by atoms with Gasteiger partial charge in [-0.2, -0.15) is 0 Å². The second-order valence-electron chi connectivity index (χ2n) is 3.93. The van der Waals surface area contributed by atoms with Crippen molar-refractivity contribution in [2.45, 2.75) is 13.0 Å². The summed E-state index contributed by atoms with van der Waals surface area (Å²) < 4.78 is 43.6. The topological polar surface area (TPSA) is 78.9 Å². The molecule has 0 spiro atoms. The molecular formula is C11H12F3N5O. The summed E-state index contributed by atoms with van der Waals surface area (Å²) in [4.78, 5) is 0. The van der Waals surface area contributed by atoms with Crippen LogP contribution in [0.1, 0.15) is 0 Å². The number of hydrogen-bond donors (Lipinski definition) is 1. The predicted octanol–water partition coefficient (Wildman–Crippen LogP) is 1.34. The third-order valence-electron chi connectivity index (χ3n) is 2.46. The van der Waals surface area contributed by atoms with Crippen molar-refractivity contribution in [1.82, 2.24) is 20.2 Å². The Bertz CT molecular complexity index is 575. The Balaban J connectivity index is 2.08. The maximum atomic E-state index is 13.8. The highest BCUT2D eigenvalue weighted by molar-refractivity contribution is 5.59. The lowest BCUT2D eigenvalue weighted by Gasteiger charge is -2.06. The highest BCUT2D eigenvalue weighted by atomic mass is 19.3. The Hall–Kier alpha value is -2.16. The van der Waals surface area contributed by atoms with Crippen LogP contribution in [0.15, 0.2) is 18.2 Å². The third kappa shape index (κ3) is 3.44. The van der Waals surface area contributed by atoms with E-state index in [1.165, 1.54) is 16.8 Å². The van der Waals surface area contributed by atoms with Crippen LogP contribution in [0, 0.1) is 5.82 Å². The molecule has 0 unspecified atom stereocenters. The summed E-state index contributed by atoms with van der Waals surface area (Å²) >= 11 is 0. The van der Waals surface area contributed by atoms with E-state index in [-0.39, 0.29) is 30.2 Å². The molecule has 1 aromatic carbocycles. The lowest BCUT2D eigenvalue weighted by atomic mass is 10.2. The molecule has 9 heteroatoms. The molecule has 0 radical (unpaired) electrons. The molecule has 6 nitrogen and oxygen atoms in total. The maximum absolute atomic E-state index is 13.8. The van der Waals surface area contributed by atoms with Crippen LogP contribution in [-0.4, -0.2) is 39.8 Å². The molecule has 108 valence electrons. The van der Waals surface area contributed by atoms with Crippen LogP contribution in [0.2, 0.25) is 0 Å². The van der Waals surface area contributed by atoms with Crippen LogP contribution >= 0.6 is 0 Å². The SMILES string of the molecule is Nc1ccc(-c2nnnn2CCOCC(F)F)c(F)c1. The van der Waals surface area contributed by atoms with E-state index in [1.54, 1.807) is 0 Å². The number of anilines is 1. The Morgan fingerprint density at radius 2 is 2.15 bits per heavy atom. The zero-order chi connectivity index (χ0) is 14.5. The van der Waals surface area contributed by atoms with Crippen LogP contribution in [0.5, 0.6) is 0 Å². The molecule has 0 fully saturated rings. The van der Waals surface area contributed by atoms with E-state index in [2.05, 4.69) is 15.5 Å². The predicted molar refractivity (Wildman–Crippen MR) is 64.4 cm³/mol. The lowest BCUT2D eigenvalue weighted by Crippen LogP contribution is -2.12. The Morgan fingerprint density at radius 1 is 1.35 bits per heavy atom. The number of halogens is 3. The van der Waals surface area contributed by atoms with Crippen LogP contribution in [0.4, 0.5) is 18.9 Å². The quantitative estimate of drug-likeness (QED) is 0.640. The number of ether oxygens (including phenoxy) is 1. The molecule has 0 aliphatic heterocycles. The van der Waals surface area contributed by atoms with Crippen molar-refractivity contribution in [1.29, 1.82) is 0 Å². The minimum Gasteiger partial charge on any atom is -0.399 e. The summed E-state index contributed by atoms with van der Waals surface area (Å²) in [6, 6.07) is 4.12. The summed E-state index contributed by atoms with van der Waals surface area (Å²) in [5.74, 6) is -0.377. The first-order valence-corrected chi connectivity index (χ1v) is 5.75.